The summed E-state index contributed by atoms with van der Waals surface area (Å²) in [7, 11) is 0. The number of halogens is 1. The minimum atomic E-state index is -0.611. The van der Waals surface area contributed by atoms with Gasteiger partial charge in [0.25, 0.3) is 5.91 Å². The average molecular weight is 502 g/mol. The van der Waals surface area contributed by atoms with Crippen molar-refractivity contribution >= 4 is 17.1 Å². The van der Waals surface area contributed by atoms with Crippen molar-refractivity contribution in [1.82, 2.24) is 29.4 Å². The quantitative estimate of drug-likeness (QED) is 0.432. The highest BCUT2D eigenvalue weighted by atomic mass is 19.1. The molecule has 10 heteroatoms. The Hall–Kier alpha value is -3.92. The Bertz CT molecular complexity index is 1490. The zero-order chi connectivity index (χ0) is 25.7. The van der Waals surface area contributed by atoms with E-state index in [0.29, 0.717) is 45.6 Å². The standard InChI is InChI=1S/C27H28FN7O2/c1-15-24-27(32-16(2)31-15)35(26(33-24)18-4-6-22(25(29)36)30-12-18)13-19-3-5-20(11-21(19)28)37-23-14-34-9-7-17(23)8-10-34/h3-6,11-12,17,23H,7-10,13-14H2,1-2H3,(H2,29,36). The van der Waals surface area contributed by atoms with Crippen molar-refractivity contribution in [3.05, 3.63) is 65.1 Å². The van der Waals surface area contributed by atoms with Crippen LogP contribution in [0.1, 0.15) is 40.4 Å². The fraction of sp³-hybridized carbons (Fsp3) is 0.370. The maximum Gasteiger partial charge on any atom is 0.267 e. The molecule has 0 saturated carbocycles. The van der Waals surface area contributed by atoms with Gasteiger partial charge in [-0.2, -0.15) is 0 Å². The van der Waals surface area contributed by atoms with Crippen LogP contribution >= 0.6 is 0 Å². The molecule has 0 aliphatic carbocycles. The first-order valence-corrected chi connectivity index (χ1v) is 12.5. The molecule has 1 unspecified atom stereocenters. The van der Waals surface area contributed by atoms with Crippen LogP contribution in [0.4, 0.5) is 4.39 Å². The van der Waals surface area contributed by atoms with E-state index in [-0.39, 0.29) is 24.2 Å². The highest BCUT2D eigenvalue weighted by Gasteiger charge is 2.35. The van der Waals surface area contributed by atoms with Gasteiger partial charge in [-0.05, 0) is 63.9 Å². The topological polar surface area (TPSA) is 112 Å². The van der Waals surface area contributed by atoms with Crippen LogP contribution in [0.5, 0.6) is 5.75 Å². The van der Waals surface area contributed by atoms with Gasteiger partial charge in [-0.25, -0.2) is 19.3 Å². The summed E-state index contributed by atoms with van der Waals surface area (Å²) in [6.45, 7) is 7.04. The number of hydrogen-bond donors (Lipinski definition) is 1. The van der Waals surface area contributed by atoms with Crippen molar-refractivity contribution in [2.75, 3.05) is 19.6 Å². The minimum absolute atomic E-state index is 0.107. The molecule has 3 aliphatic heterocycles. The number of ether oxygens (including phenoxy) is 1. The van der Waals surface area contributed by atoms with Crippen molar-refractivity contribution in [2.24, 2.45) is 11.7 Å². The molecule has 190 valence electrons. The lowest BCUT2D eigenvalue weighted by Crippen LogP contribution is -2.52. The van der Waals surface area contributed by atoms with E-state index in [0.717, 1.165) is 38.2 Å². The highest BCUT2D eigenvalue weighted by molar-refractivity contribution is 5.91. The number of imidazole rings is 1. The Labute approximate surface area is 213 Å². The normalized spacial score (nSPS) is 20.9. The van der Waals surface area contributed by atoms with Crippen LogP contribution in [0.15, 0.2) is 36.5 Å². The number of rotatable bonds is 6. The van der Waals surface area contributed by atoms with Gasteiger partial charge in [0, 0.05) is 29.9 Å². The fourth-order valence-corrected chi connectivity index (χ4v) is 5.44. The minimum Gasteiger partial charge on any atom is -0.489 e. The summed E-state index contributed by atoms with van der Waals surface area (Å²) in [6.07, 6.45) is 3.92. The smallest absolute Gasteiger partial charge is 0.267 e. The van der Waals surface area contributed by atoms with Gasteiger partial charge in [0.15, 0.2) is 5.65 Å². The zero-order valence-corrected chi connectivity index (χ0v) is 20.8. The summed E-state index contributed by atoms with van der Waals surface area (Å²) in [5.41, 5.74) is 8.60. The Kier molecular flexibility index (Phi) is 5.83. The van der Waals surface area contributed by atoms with Crippen LogP contribution in [0.3, 0.4) is 0 Å². The number of primary amides is 1. The molecule has 3 aromatic heterocycles. The zero-order valence-electron chi connectivity index (χ0n) is 20.8. The largest absolute Gasteiger partial charge is 0.489 e. The number of nitrogens with two attached hydrogens (primary N) is 1. The molecule has 0 radical (unpaired) electrons. The van der Waals surface area contributed by atoms with Crippen molar-refractivity contribution in [3.8, 4) is 17.1 Å². The van der Waals surface area contributed by atoms with Crippen LogP contribution < -0.4 is 10.5 Å². The van der Waals surface area contributed by atoms with Crippen LogP contribution in [0, 0.1) is 25.6 Å². The Morgan fingerprint density at radius 3 is 2.59 bits per heavy atom. The second-order valence-electron chi connectivity index (χ2n) is 9.89. The first-order valence-electron chi connectivity index (χ1n) is 12.5. The molecule has 37 heavy (non-hydrogen) atoms. The Morgan fingerprint density at radius 1 is 1.14 bits per heavy atom. The van der Waals surface area contributed by atoms with E-state index in [1.54, 1.807) is 18.2 Å². The molecule has 4 aromatic rings. The monoisotopic (exact) mass is 501 g/mol. The predicted molar refractivity (Wildman–Crippen MR) is 136 cm³/mol. The lowest BCUT2D eigenvalue weighted by atomic mass is 9.86. The number of fused-ring (bicyclic) bond motifs is 4. The lowest BCUT2D eigenvalue weighted by Gasteiger charge is -2.44. The van der Waals surface area contributed by atoms with Gasteiger partial charge in [-0.3, -0.25) is 14.7 Å². The summed E-state index contributed by atoms with van der Waals surface area (Å²) in [5, 5.41) is 0. The van der Waals surface area contributed by atoms with E-state index in [1.807, 2.05) is 24.5 Å². The first kappa shape index (κ1) is 23.5. The number of amides is 1. The molecule has 9 nitrogen and oxygen atoms in total. The summed E-state index contributed by atoms with van der Waals surface area (Å²) in [6, 6.07) is 8.34. The number of benzene rings is 1. The number of nitrogens with zero attached hydrogens (tertiary/aromatic N) is 6. The third kappa shape index (κ3) is 4.42. The number of pyridine rings is 1. The summed E-state index contributed by atoms with van der Waals surface area (Å²) in [5.74, 6) is 1.27. The molecule has 7 rings (SSSR count). The van der Waals surface area contributed by atoms with Crippen LogP contribution in [-0.4, -0.2) is 61.0 Å². The fourth-order valence-electron chi connectivity index (χ4n) is 5.44. The van der Waals surface area contributed by atoms with E-state index in [9.17, 15) is 4.79 Å². The number of carbonyl (C=O) groups excluding carboxylic acids is 1. The van der Waals surface area contributed by atoms with Crippen LogP contribution in [0.25, 0.3) is 22.6 Å². The second kappa shape index (κ2) is 9.19. The van der Waals surface area contributed by atoms with E-state index in [1.165, 1.54) is 12.3 Å². The second-order valence-corrected chi connectivity index (χ2v) is 9.89. The van der Waals surface area contributed by atoms with Crippen LogP contribution in [0.2, 0.25) is 0 Å². The summed E-state index contributed by atoms with van der Waals surface area (Å²) < 4.78 is 23.5. The van der Waals surface area contributed by atoms with E-state index in [4.69, 9.17) is 15.5 Å². The number of hydrogen-bond acceptors (Lipinski definition) is 7. The SMILES string of the molecule is Cc1nc(C)c2nc(-c3ccc(C(N)=O)nc3)n(Cc3ccc(OC4CN5CCC4CC5)cc3F)c2n1. The van der Waals surface area contributed by atoms with Crippen molar-refractivity contribution in [2.45, 2.75) is 39.3 Å². The van der Waals surface area contributed by atoms with Gasteiger partial charge in [0.1, 0.15) is 40.5 Å². The van der Waals surface area contributed by atoms with E-state index >= 15 is 4.39 Å². The van der Waals surface area contributed by atoms with Crippen molar-refractivity contribution in [3.63, 3.8) is 0 Å². The average Bonchev–Trinajstić information content (AvgIpc) is 3.25. The molecule has 2 bridgehead atoms. The molecule has 0 spiro atoms. The Morgan fingerprint density at radius 2 is 1.95 bits per heavy atom. The van der Waals surface area contributed by atoms with Gasteiger partial charge in [-0.1, -0.05) is 6.07 Å². The molecular formula is C27H28FN7O2. The van der Waals surface area contributed by atoms with Gasteiger partial charge >= 0.3 is 0 Å². The first-order chi connectivity index (χ1) is 17.9. The van der Waals surface area contributed by atoms with E-state index < -0.39 is 5.91 Å². The number of piperidine rings is 3. The molecule has 1 atom stereocenters. The molecule has 3 fully saturated rings. The molecular weight excluding hydrogens is 473 g/mol. The molecule has 3 saturated heterocycles. The molecule has 1 amide bonds. The number of aryl methyl sites for hydroxylation is 2. The number of aromatic nitrogens is 5. The molecule has 3 aliphatic rings. The molecule has 1 aromatic carbocycles. The highest BCUT2D eigenvalue weighted by Crippen LogP contribution is 2.32. The summed E-state index contributed by atoms with van der Waals surface area (Å²) in [4.78, 5) is 31.9. The maximum absolute atomic E-state index is 15.4. The van der Waals surface area contributed by atoms with Crippen molar-refractivity contribution < 1.29 is 13.9 Å². The summed E-state index contributed by atoms with van der Waals surface area (Å²) >= 11 is 0. The number of carbonyl (C=O) groups is 1. The Balaban J connectivity index is 1.34. The third-order valence-corrected chi connectivity index (χ3v) is 7.39. The predicted octanol–water partition coefficient (Wildman–Crippen LogP) is 3.26. The molecule has 6 heterocycles. The third-order valence-electron chi connectivity index (χ3n) is 7.39. The van der Waals surface area contributed by atoms with E-state index in [2.05, 4.69) is 19.9 Å². The molecule has 2 N–H and O–H groups in total. The van der Waals surface area contributed by atoms with Crippen molar-refractivity contribution in [1.29, 1.82) is 0 Å². The van der Waals surface area contributed by atoms with Crippen LogP contribution in [-0.2, 0) is 6.54 Å². The lowest BCUT2D eigenvalue weighted by molar-refractivity contribution is -0.00789. The van der Waals surface area contributed by atoms with Gasteiger partial charge < -0.3 is 15.0 Å². The van der Waals surface area contributed by atoms with Gasteiger partial charge in [0.2, 0.25) is 0 Å². The van der Waals surface area contributed by atoms with Gasteiger partial charge in [-0.15, -0.1) is 0 Å². The van der Waals surface area contributed by atoms with Gasteiger partial charge in [0.05, 0.1) is 12.2 Å². The maximum atomic E-state index is 15.4.